The monoisotopic (exact) mass is 206 g/mol. The van der Waals surface area contributed by atoms with E-state index >= 15 is 0 Å². The molecule has 0 aromatic rings. The zero-order valence-electron chi connectivity index (χ0n) is 7.54. The van der Waals surface area contributed by atoms with Crippen LogP contribution in [0, 0.1) is 0 Å². The van der Waals surface area contributed by atoms with E-state index in [9.17, 15) is 4.79 Å². The van der Waals surface area contributed by atoms with Gasteiger partial charge in [0.05, 0.1) is 18.6 Å². The second-order valence-corrected chi connectivity index (χ2v) is 3.66. The first-order valence-corrected chi connectivity index (χ1v) is 4.87. The maximum absolute atomic E-state index is 11.2. The minimum absolute atomic E-state index is 0.0259. The molecule has 1 aliphatic rings. The highest BCUT2D eigenvalue weighted by molar-refractivity contribution is 6.22. The lowest BCUT2D eigenvalue weighted by atomic mass is 10.4. The van der Waals surface area contributed by atoms with Gasteiger partial charge in [0.2, 0.25) is 5.91 Å². The van der Waals surface area contributed by atoms with E-state index < -0.39 is 0 Å². The number of nitrogens with two attached hydrogens (primary N) is 1. The second-order valence-electron chi connectivity index (χ2n) is 3.04. The molecule has 1 saturated heterocycles. The second kappa shape index (κ2) is 5.42. The highest BCUT2D eigenvalue weighted by Crippen LogP contribution is 2.15. The standard InChI is InChI=1S/C8H15ClN2O2/c9-7-5-8(12)11(6-7)2-4-13-3-1-10/h7H,1-6,10H2. The molecule has 76 valence electrons. The number of carbonyl (C=O) groups excluding carboxylic acids is 1. The molecule has 0 aromatic carbocycles. The number of hydrogen-bond acceptors (Lipinski definition) is 3. The van der Waals surface area contributed by atoms with E-state index in [1.807, 2.05) is 0 Å². The number of likely N-dealkylation sites (tertiary alicyclic amines) is 1. The third-order valence-electron chi connectivity index (χ3n) is 1.94. The molecule has 0 aromatic heterocycles. The van der Waals surface area contributed by atoms with E-state index in [1.54, 1.807) is 4.90 Å². The smallest absolute Gasteiger partial charge is 0.224 e. The van der Waals surface area contributed by atoms with Gasteiger partial charge in [-0.05, 0) is 0 Å². The molecule has 1 fully saturated rings. The molecule has 1 aliphatic heterocycles. The predicted octanol–water partition coefficient (Wildman–Crippen LogP) is -0.199. The van der Waals surface area contributed by atoms with Crippen molar-refractivity contribution in [3.63, 3.8) is 0 Å². The molecule has 0 aliphatic carbocycles. The molecule has 0 saturated carbocycles. The van der Waals surface area contributed by atoms with Gasteiger partial charge in [0, 0.05) is 26.1 Å². The fraction of sp³-hybridized carbons (Fsp3) is 0.875. The van der Waals surface area contributed by atoms with Crippen LogP contribution in [0.3, 0.4) is 0 Å². The van der Waals surface area contributed by atoms with E-state index in [1.165, 1.54) is 0 Å². The number of amides is 1. The van der Waals surface area contributed by atoms with Crippen LogP contribution in [0.2, 0.25) is 0 Å². The van der Waals surface area contributed by atoms with Gasteiger partial charge in [0.25, 0.3) is 0 Å². The number of halogens is 1. The van der Waals surface area contributed by atoms with Crippen molar-refractivity contribution in [1.29, 1.82) is 0 Å². The summed E-state index contributed by atoms with van der Waals surface area (Å²) in [6.45, 7) is 2.89. The lowest BCUT2D eigenvalue weighted by Crippen LogP contribution is -2.29. The van der Waals surface area contributed by atoms with Crippen LogP contribution in [-0.2, 0) is 9.53 Å². The van der Waals surface area contributed by atoms with Crippen LogP contribution in [0.1, 0.15) is 6.42 Å². The van der Waals surface area contributed by atoms with Crippen molar-refractivity contribution in [3.05, 3.63) is 0 Å². The molecule has 5 heteroatoms. The van der Waals surface area contributed by atoms with Gasteiger partial charge in [-0.2, -0.15) is 0 Å². The first-order valence-electron chi connectivity index (χ1n) is 4.43. The fourth-order valence-corrected chi connectivity index (χ4v) is 1.60. The molecular formula is C8H15ClN2O2. The lowest BCUT2D eigenvalue weighted by Gasteiger charge is -2.15. The highest BCUT2D eigenvalue weighted by atomic mass is 35.5. The van der Waals surface area contributed by atoms with Crippen LogP contribution in [0.25, 0.3) is 0 Å². The highest BCUT2D eigenvalue weighted by Gasteiger charge is 2.27. The van der Waals surface area contributed by atoms with Crippen molar-refractivity contribution in [2.45, 2.75) is 11.8 Å². The van der Waals surface area contributed by atoms with Gasteiger partial charge < -0.3 is 15.4 Å². The van der Waals surface area contributed by atoms with Crippen LogP contribution in [0.15, 0.2) is 0 Å². The van der Waals surface area contributed by atoms with Gasteiger partial charge in [0.1, 0.15) is 0 Å². The number of carbonyl (C=O) groups is 1. The molecule has 1 amide bonds. The summed E-state index contributed by atoms with van der Waals surface area (Å²) in [6, 6.07) is 0. The Morgan fingerprint density at radius 1 is 1.62 bits per heavy atom. The Morgan fingerprint density at radius 3 is 2.92 bits per heavy atom. The van der Waals surface area contributed by atoms with E-state index in [-0.39, 0.29) is 11.3 Å². The summed E-state index contributed by atoms with van der Waals surface area (Å²) in [6.07, 6.45) is 0.457. The number of rotatable bonds is 5. The minimum Gasteiger partial charge on any atom is -0.378 e. The Labute approximate surface area is 83.0 Å². The summed E-state index contributed by atoms with van der Waals surface area (Å²) in [5, 5.41) is -0.0259. The number of ether oxygens (including phenoxy) is 1. The minimum atomic E-state index is -0.0259. The fourth-order valence-electron chi connectivity index (χ4n) is 1.30. The SMILES string of the molecule is NCCOCCN1CC(Cl)CC1=O. The number of nitrogens with zero attached hydrogens (tertiary/aromatic N) is 1. The molecule has 4 nitrogen and oxygen atoms in total. The summed E-state index contributed by atoms with van der Waals surface area (Å²) >= 11 is 5.82. The molecule has 0 bridgehead atoms. The summed E-state index contributed by atoms with van der Waals surface area (Å²) in [4.78, 5) is 12.9. The van der Waals surface area contributed by atoms with Crippen LogP contribution < -0.4 is 5.73 Å². The summed E-state index contributed by atoms with van der Waals surface area (Å²) in [7, 11) is 0. The first-order chi connectivity index (χ1) is 6.24. The van der Waals surface area contributed by atoms with Crippen molar-refractivity contribution in [2.75, 3.05) is 32.8 Å². The van der Waals surface area contributed by atoms with Crippen molar-refractivity contribution in [1.82, 2.24) is 4.90 Å². The Morgan fingerprint density at radius 2 is 2.38 bits per heavy atom. The van der Waals surface area contributed by atoms with Crippen molar-refractivity contribution in [3.8, 4) is 0 Å². The van der Waals surface area contributed by atoms with Gasteiger partial charge in [-0.1, -0.05) is 0 Å². The third kappa shape index (κ3) is 3.50. The van der Waals surface area contributed by atoms with Gasteiger partial charge in [-0.15, -0.1) is 11.6 Å². The van der Waals surface area contributed by atoms with Crippen LogP contribution in [-0.4, -0.2) is 49.0 Å². The van der Waals surface area contributed by atoms with Crippen LogP contribution in [0.4, 0.5) is 0 Å². The maximum atomic E-state index is 11.2. The molecule has 13 heavy (non-hydrogen) atoms. The number of hydrogen-bond donors (Lipinski definition) is 1. The molecule has 1 heterocycles. The topological polar surface area (TPSA) is 55.6 Å². The van der Waals surface area contributed by atoms with Gasteiger partial charge in [0.15, 0.2) is 0 Å². The van der Waals surface area contributed by atoms with Crippen molar-refractivity contribution < 1.29 is 9.53 Å². The molecule has 1 unspecified atom stereocenters. The third-order valence-corrected chi connectivity index (χ3v) is 2.23. The lowest BCUT2D eigenvalue weighted by molar-refractivity contribution is -0.128. The van der Waals surface area contributed by atoms with E-state index in [0.29, 0.717) is 39.3 Å². The summed E-state index contributed by atoms with van der Waals surface area (Å²) in [5.74, 6) is 0.122. The molecular weight excluding hydrogens is 192 g/mol. The first kappa shape index (κ1) is 10.8. The molecule has 1 rings (SSSR count). The molecule has 1 atom stereocenters. The quantitative estimate of drug-likeness (QED) is 0.501. The van der Waals surface area contributed by atoms with Gasteiger partial charge in [-0.25, -0.2) is 0 Å². The Bertz CT molecular complexity index is 178. The largest absolute Gasteiger partial charge is 0.378 e. The predicted molar refractivity (Wildman–Crippen MR) is 50.7 cm³/mol. The summed E-state index contributed by atoms with van der Waals surface area (Å²) in [5.41, 5.74) is 5.25. The number of alkyl halides is 1. The van der Waals surface area contributed by atoms with E-state index in [2.05, 4.69) is 0 Å². The van der Waals surface area contributed by atoms with E-state index in [0.717, 1.165) is 0 Å². The molecule has 0 radical (unpaired) electrons. The van der Waals surface area contributed by atoms with Gasteiger partial charge >= 0.3 is 0 Å². The molecule has 2 N–H and O–H groups in total. The van der Waals surface area contributed by atoms with Crippen LogP contribution in [0.5, 0.6) is 0 Å². The summed E-state index contributed by atoms with van der Waals surface area (Å²) < 4.78 is 5.17. The average Bonchev–Trinajstić information content (AvgIpc) is 2.39. The Kier molecular flexibility index (Phi) is 4.48. The van der Waals surface area contributed by atoms with E-state index in [4.69, 9.17) is 22.1 Å². The Balaban J connectivity index is 2.11. The van der Waals surface area contributed by atoms with Crippen molar-refractivity contribution >= 4 is 17.5 Å². The van der Waals surface area contributed by atoms with Crippen molar-refractivity contribution in [2.24, 2.45) is 5.73 Å². The average molecular weight is 207 g/mol. The van der Waals surface area contributed by atoms with Gasteiger partial charge in [-0.3, -0.25) is 4.79 Å². The van der Waals surface area contributed by atoms with Crippen LogP contribution >= 0.6 is 11.6 Å². The Hall–Kier alpha value is -0.320. The zero-order valence-corrected chi connectivity index (χ0v) is 8.29. The maximum Gasteiger partial charge on any atom is 0.224 e. The normalized spacial score (nSPS) is 22.8. The molecule has 0 spiro atoms. The zero-order chi connectivity index (χ0) is 9.68.